The van der Waals surface area contributed by atoms with Gasteiger partial charge in [0.15, 0.2) is 0 Å². The van der Waals surface area contributed by atoms with E-state index in [2.05, 4.69) is 22.8 Å². The van der Waals surface area contributed by atoms with Crippen LogP contribution >= 0.6 is 11.3 Å². The van der Waals surface area contributed by atoms with Crippen LogP contribution in [0.4, 0.5) is 0 Å². The average Bonchev–Trinajstić information content (AvgIpc) is 2.72. The second-order valence-electron chi connectivity index (χ2n) is 3.65. The number of hydrogen-bond donors (Lipinski definition) is 1. The molecular formula is C11H17NOS. The Kier molecular flexibility index (Phi) is 3.98. The molecule has 0 unspecified atom stereocenters. The predicted octanol–water partition coefficient (Wildman–Crippen LogP) is 2.06. The zero-order valence-electron chi connectivity index (χ0n) is 8.37. The number of ether oxygens (including phenoxy) is 1. The Labute approximate surface area is 89.3 Å². The van der Waals surface area contributed by atoms with Gasteiger partial charge in [-0.1, -0.05) is 6.07 Å². The number of rotatable bonds is 4. The van der Waals surface area contributed by atoms with Crippen molar-refractivity contribution in [1.29, 1.82) is 0 Å². The summed E-state index contributed by atoms with van der Waals surface area (Å²) < 4.78 is 5.82. The first-order valence-electron chi connectivity index (χ1n) is 5.30. The first kappa shape index (κ1) is 10.1. The van der Waals surface area contributed by atoms with Gasteiger partial charge in [-0.05, 0) is 37.4 Å². The van der Waals surface area contributed by atoms with Gasteiger partial charge < -0.3 is 10.1 Å². The fraction of sp³-hybridized carbons (Fsp3) is 0.636. The maximum atomic E-state index is 5.82. The number of piperidine rings is 1. The van der Waals surface area contributed by atoms with Crippen molar-refractivity contribution in [2.24, 2.45) is 0 Å². The van der Waals surface area contributed by atoms with Crippen LogP contribution < -0.4 is 5.32 Å². The van der Waals surface area contributed by atoms with Gasteiger partial charge >= 0.3 is 0 Å². The van der Waals surface area contributed by atoms with Crippen LogP contribution in [0.2, 0.25) is 0 Å². The highest BCUT2D eigenvalue weighted by molar-refractivity contribution is 7.09. The lowest BCUT2D eigenvalue weighted by Gasteiger charge is -2.22. The molecular weight excluding hydrogens is 194 g/mol. The lowest BCUT2D eigenvalue weighted by atomic mass is 10.1. The van der Waals surface area contributed by atoms with Gasteiger partial charge in [-0.3, -0.25) is 0 Å². The summed E-state index contributed by atoms with van der Waals surface area (Å²) in [4.78, 5) is 1.43. The van der Waals surface area contributed by atoms with Crippen molar-refractivity contribution < 1.29 is 4.74 Å². The number of hydrogen-bond acceptors (Lipinski definition) is 3. The Morgan fingerprint density at radius 1 is 1.43 bits per heavy atom. The molecule has 1 fully saturated rings. The minimum Gasteiger partial charge on any atom is -0.378 e. The molecule has 0 aliphatic carbocycles. The lowest BCUT2D eigenvalue weighted by Crippen LogP contribution is -2.32. The molecule has 1 N–H and O–H groups in total. The summed E-state index contributed by atoms with van der Waals surface area (Å²) in [5.41, 5.74) is 0. The summed E-state index contributed by atoms with van der Waals surface area (Å²) in [6.45, 7) is 3.11. The standard InChI is InChI=1S/C11H17NOS/c1-2-11(14-9-1)5-8-13-10-3-6-12-7-4-10/h1-2,9-10,12H,3-8H2. The van der Waals surface area contributed by atoms with E-state index < -0.39 is 0 Å². The van der Waals surface area contributed by atoms with Crippen molar-refractivity contribution in [3.05, 3.63) is 22.4 Å². The first-order valence-corrected chi connectivity index (χ1v) is 6.18. The zero-order chi connectivity index (χ0) is 9.64. The van der Waals surface area contributed by atoms with Gasteiger partial charge in [0.2, 0.25) is 0 Å². The summed E-state index contributed by atoms with van der Waals surface area (Å²) in [7, 11) is 0. The smallest absolute Gasteiger partial charge is 0.0599 e. The average molecular weight is 211 g/mol. The third-order valence-electron chi connectivity index (χ3n) is 2.57. The predicted molar refractivity (Wildman–Crippen MR) is 59.9 cm³/mol. The van der Waals surface area contributed by atoms with E-state index >= 15 is 0 Å². The van der Waals surface area contributed by atoms with Gasteiger partial charge in [0.05, 0.1) is 12.7 Å². The first-order chi connectivity index (χ1) is 6.95. The van der Waals surface area contributed by atoms with Gasteiger partial charge in [0.25, 0.3) is 0 Å². The monoisotopic (exact) mass is 211 g/mol. The summed E-state index contributed by atoms with van der Waals surface area (Å²) in [5, 5.41) is 5.47. The van der Waals surface area contributed by atoms with Gasteiger partial charge in [0, 0.05) is 11.3 Å². The van der Waals surface area contributed by atoms with Crippen molar-refractivity contribution >= 4 is 11.3 Å². The molecule has 0 saturated carbocycles. The Hall–Kier alpha value is -0.380. The molecule has 1 aliphatic heterocycles. The molecule has 2 heterocycles. The molecule has 1 aliphatic rings. The normalized spacial score (nSPS) is 18.6. The Bertz CT molecular complexity index is 242. The molecule has 1 aromatic rings. The van der Waals surface area contributed by atoms with E-state index in [-0.39, 0.29) is 0 Å². The molecule has 0 aromatic carbocycles. The van der Waals surface area contributed by atoms with Crippen molar-refractivity contribution in [2.45, 2.75) is 25.4 Å². The van der Waals surface area contributed by atoms with Crippen LogP contribution in [0.5, 0.6) is 0 Å². The van der Waals surface area contributed by atoms with Crippen LogP contribution in [0.3, 0.4) is 0 Å². The van der Waals surface area contributed by atoms with Crippen LogP contribution in [0, 0.1) is 0 Å². The second-order valence-corrected chi connectivity index (χ2v) is 4.68. The molecule has 0 amide bonds. The van der Waals surface area contributed by atoms with Crippen LogP contribution in [0.25, 0.3) is 0 Å². The Morgan fingerprint density at radius 3 is 3.00 bits per heavy atom. The van der Waals surface area contributed by atoms with Gasteiger partial charge in [-0.2, -0.15) is 0 Å². The fourth-order valence-corrected chi connectivity index (χ4v) is 2.43. The maximum absolute atomic E-state index is 5.82. The maximum Gasteiger partial charge on any atom is 0.0599 e. The van der Waals surface area contributed by atoms with Gasteiger partial charge in [0.1, 0.15) is 0 Å². The van der Waals surface area contributed by atoms with Gasteiger partial charge in [-0.25, -0.2) is 0 Å². The molecule has 3 heteroatoms. The van der Waals surface area contributed by atoms with Crippen LogP contribution in [-0.4, -0.2) is 25.8 Å². The third-order valence-corrected chi connectivity index (χ3v) is 3.50. The van der Waals surface area contributed by atoms with E-state index in [0.717, 1.165) is 26.1 Å². The molecule has 0 radical (unpaired) electrons. The van der Waals surface area contributed by atoms with Crippen molar-refractivity contribution in [1.82, 2.24) is 5.32 Å². The second kappa shape index (κ2) is 5.49. The molecule has 0 atom stereocenters. The van der Waals surface area contributed by atoms with Gasteiger partial charge in [-0.15, -0.1) is 11.3 Å². The van der Waals surface area contributed by atoms with Crippen molar-refractivity contribution in [3.8, 4) is 0 Å². The molecule has 2 nitrogen and oxygen atoms in total. The topological polar surface area (TPSA) is 21.3 Å². The Morgan fingerprint density at radius 2 is 2.29 bits per heavy atom. The molecule has 1 saturated heterocycles. The van der Waals surface area contributed by atoms with E-state index in [1.807, 2.05) is 11.3 Å². The highest BCUT2D eigenvalue weighted by Gasteiger charge is 2.12. The third kappa shape index (κ3) is 3.08. The quantitative estimate of drug-likeness (QED) is 0.823. The number of nitrogens with one attached hydrogen (secondary N) is 1. The van der Waals surface area contributed by atoms with Crippen LogP contribution in [0.15, 0.2) is 17.5 Å². The molecule has 1 aromatic heterocycles. The zero-order valence-corrected chi connectivity index (χ0v) is 9.19. The summed E-state index contributed by atoms with van der Waals surface area (Å²) in [6.07, 6.45) is 3.91. The van der Waals surface area contributed by atoms with E-state index in [1.165, 1.54) is 17.7 Å². The minimum atomic E-state index is 0.496. The number of thiophene rings is 1. The van der Waals surface area contributed by atoms with E-state index in [0.29, 0.717) is 6.10 Å². The van der Waals surface area contributed by atoms with Crippen molar-refractivity contribution in [3.63, 3.8) is 0 Å². The van der Waals surface area contributed by atoms with Crippen LogP contribution in [0.1, 0.15) is 17.7 Å². The van der Waals surface area contributed by atoms with E-state index in [1.54, 1.807) is 0 Å². The summed E-state index contributed by atoms with van der Waals surface area (Å²) in [5.74, 6) is 0. The fourth-order valence-electron chi connectivity index (χ4n) is 1.74. The Balaban J connectivity index is 1.62. The molecule has 2 rings (SSSR count). The molecule has 0 spiro atoms. The summed E-state index contributed by atoms with van der Waals surface area (Å²) in [6, 6.07) is 4.28. The molecule has 14 heavy (non-hydrogen) atoms. The van der Waals surface area contributed by atoms with Crippen LogP contribution in [-0.2, 0) is 11.2 Å². The minimum absolute atomic E-state index is 0.496. The lowest BCUT2D eigenvalue weighted by molar-refractivity contribution is 0.0352. The SMILES string of the molecule is c1csc(CCOC2CCNCC2)c1. The van der Waals surface area contributed by atoms with Crippen molar-refractivity contribution in [2.75, 3.05) is 19.7 Å². The highest BCUT2D eigenvalue weighted by Crippen LogP contribution is 2.11. The molecule has 0 bridgehead atoms. The molecule has 78 valence electrons. The van der Waals surface area contributed by atoms with E-state index in [4.69, 9.17) is 4.74 Å². The summed E-state index contributed by atoms with van der Waals surface area (Å²) >= 11 is 1.82. The highest BCUT2D eigenvalue weighted by atomic mass is 32.1. The van der Waals surface area contributed by atoms with E-state index in [9.17, 15) is 0 Å². The largest absolute Gasteiger partial charge is 0.378 e.